The molecule has 0 aliphatic carbocycles. The summed E-state index contributed by atoms with van der Waals surface area (Å²) in [5, 5.41) is 18.5. The first-order chi connectivity index (χ1) is 9.33. The summed E-state index contributed by atoms with van der Waals surface area (Å²) in [4.78, 5) is 29.1. The summed E-state index contributed by atoms with van der Waals surface area (Å²) in [5.74, 6) is 9.65. The van der Waals surface area contributed by atoms with Gasteiger partial charge in [0, 0.05) is 0 Å². The monoisotopic (exact) mass is 276 g/mol. The smallest absolute Gasteiger partial charge is 0.335 e. The van der Waals surface area contributed by atoms with Gasteiger partial charge in [0.05, 0.1) is 0 Å². The fourth-order valence-electron chi connectivity index (χ4n) is 1.11. The molecule has 0 aromatic carbocycles. The van der Waals surface area contributed by atoms with Gasteiger partial charge < -0.3 is 11.5 Å². The average molecular weight is 276 g/mol. The molecule has 0 saturated carbocycles. The van der Waals surface area contributed by atoms with E-state index in [9.17, 15) is 9.59 Å². The van der Waals surface area contributed by atoms with Crippen LogP contribution in [0.25, 0.3) is 0 Å². The van der Waals surface area contributed by atoms with Crippen molar-refractivity contribution in [3.8, 4) is 12.1 Å². The zero-order chi connectivity index (χ0) is 15.4. The lowest BCUT2D eigenvalue weighted by molar-refractivity contribution is 0.253. The largest absolute Gasteiger partial charge is 0.350 e. The standard InChI is InChI=1S/C8H8N10O2/c9-1-3-5(17(13)7(11)19)16-4(2-10)6(15-3)18(14)8(12)20/h13-14H2,(H2,11,19)(H2,12,20). The van der Waals surface area contributed by atoms with Gasteiger partial charge in [-0.15, -0.1) is 0 Å². The Morgan fingerprint density at radius 3 is 1.40 bits per heavy atom. The molecule has 0 unspecified atom stereocenters. The van der Waals surface area contributed by atoms with E-state index in [0.717, 1.165) is 0 Å². The number of nitrogens with zero attached hydrogens (tertiary/aromatic N) is 6. The molecule has 8 N–H and O–H groups in total. The van der Waals surface area contributed by atoms with Gasteiger partial charge in [-0.1, -0.05) is 0 Å². The van der Waals surface area contributed by atoms with Gasteiger partial charge >= 0.3 is 12.1 Å². The van der Waals surface area contributed by atoms with Crippen LogP contribution in [0, 0.1) is 22.7 Å². The normalized spacial score (nSPS) is 9.20. The number of nitrogens with two attached hydrogens (primary N) is 4. The maximum atomic E-state index is 10.9. The Morgan fingerprint density at radius 2 is 1.20 bits per heavy atom. The number of aromatic nitrogens is 2. The van der Waals surface area contributed by atoms with E-state index in [1.807, 2.05) is 0 Å². The van der Waals surface area contributed by atoms with E-state index in [-0.39, 0.29) is 0 Å². The molecule has 0 aliphatic rings. The minimum Gasteiger partial charge on any atom is -0.350 e. The molecule has 0 radical (unpaired) electrons. The summed E-state index contributed by atoms with van der Waals surface area (Å²) < 4.78 is 0. The fraction of sp³-hybridized carbons (Fsp3) is 0. The molecule has 1 aromatic heterocycles. The maximum absolute atomic E-state index is 10.9. The van der Waals surface area contributed by atoms with Crippen LogP contribution in [0.1, 0.15) is 11.4 Å². The summed E-state index contributed by atoms with van der Waals surface area (Å²) in [6.45, 7) is 0. The first kappa shape index (κ1) is 14.6. The molecule has 0 bridgehead atoms. The van der Waals surface area contributed by atoms with Crippen molar-refractivity contribution in [3.63, 3.8) is 0 Å². The van der Waals surface area contributed by atoms with E-state index in [4.69, 9.17) is 33.7 Å². The third-order valence-electron chi connectivity index (χ3n) is 2.00. The number of amides is 4. The maximum Gasteiger partial charge on any atom is 0.335 e. The molecule has 12 nitrogen and oxygen atoms in total. The molecular formula is C8H8N10O2. The van der Waals surface area contributed by atoms with E-state index in [2.05, 4.69) is 9.97 Å². The zero-order valence-corrected chi connectivity index (χ0v) is 9.81. The van der Waals surface area contributed by atoms with Crippen LogP contribution in [-0.4, -0.2) is 22.0 Å². The Hall–Kier alpha value is -3.48. The van der Waals surface area contributed by atoms with E-state index in [1.54, 1.807) is 12.1 Å². The van der Waals surface area contributed by atoms with E-state index in [1.165, 1.54) is 0 Å². The number of anilines is 2. The molecule has 0 atom stereocenters. The van der Waals surface area contributed by atoms with Crippen molar-refractivity contribution in [1.29, 1.82) is 10.5 Å². The fourth-order valence-corrected chi connectivity index (χ4v) is 1.11. The van der Waals surface area contributed by atoms with Gasteiger partial charge in [0.2, 0.25) is 0 Å². The average Bonchev–Trinajstić information content (AvgIpc) is 2.43. The Balaban J connectivity index is 3.56. The summed E-state index contributed by atoms with van der Waals surface area (Å²) >= 11 is 0. The van der Waals surface area contributed by atoms with Crippen LogP contribution in [0.4, 0.5) is 21.2 Å². The summed E-state index contributed by atoms with van der Waals surface area (Å²) in [5.41, 5.74) is 8.89. The number of rotatable bonds is 2. The van der Waals surface area contributed by atoms with Crippen LogP contribution in [0.5, 0.6) is 0 Å². The third-order valence-corrected chi connectivity index (χ3v) is 2.00. The van der Waals surface area contributed by atoms with Crippen molar-refractivity contribution in [1.82, 2.24) is 9.97 Å². The van der Waals surface area contributed by atoms with Gasteiger partial charge in [0.25, 0.3) is 0 Å². The van der Waals surface area contributed by atoms with Crippen molar-refractivity contribution >= 4 is 23.7 Å². The highest BCUT2D eigenvalue weighted by Crippen LogP contribution is 2.20. The second kappa shape index (κ2) is 5.44. The van der Waals surface area contributed by atoms with Crippen molar-refractivity contribution in [3.05, 3.63) is 11.4 Å². The Labute approximate surface area is 111 Å². The van der Waals surface area contributed by atoms with Gasteiger partial charge in [0.15, 0.2) is 23.0 Å². The van der Waals surface area contributed by atoms with Crippen LogP contribution in [-0.2, 0) is 0 Å². The van der Waals surface area contributed by atoms with Crippen LogP contribution in [0.15, 0.2) is 0 Å². The SMILES string of the molecule is N#Cc1nc(N(N)C(N)=O)c(C#N)nc1N(N)C(N)=O. The number of hydrazine groups is 2. The highest BCUT2D eigenvalue weighted by Gasteiger charge is 2.23. The predicted octanol–water partition coefficient (Wildman–Crippen LogP) is -2.26. The van der Waals surface area contributed by atoms with Gasteiger partial charge in [-0.25, -0.2) is 41.3 Å². The number of nitriles is 2. The van der Waals surface area contributed by atoms with E-state index >= 15 is 0 Å². The third kappa shape index (κ3) is 2.51. The lowest BCUT2D eigenvalue weighted by atomic mass is 10.3. The highest BCUT2D eigenvalue weighted by molar-refractivity contribution is 5.91. The highest BCUT2D eigenvalue weighted by atomic mass is 16.2. The Morgan fingerprint density at radius 1 is 0.900 bits per heavy atom. The lowest BCUT2D eigenvalue weighted by Crippen LogP contribution is -2.44. The molecule has 0 aliphatic heterocycles. The lowest BCUT2D eigenvalue weighted by Gasteiger charge is -2.17. The molecule has 0 spiro atoms. The number of urea groups is 2. The molecule has 4 amide bonds. The van der Waals surface area contributed by atoms with Crippen molar-refractivity contribution in [2.75, 3.05) is 10.0 Å². The van der Waals surface area contributed by atoms with Crippen molar-refractivity contribution in [2.24, 2.45) is 23.2 Å². The Kier molecular flexibility index (Phi) is 3.97. The quantitative estimate of drug-likeness (QED) is 0.261. The van der Waals surface area contributed by atoms with Crippen LogP contribution < -0.4 is 33.2 Å². The van der Waals surface area contributed by atoms with Gasteiger partial charge in [0.1, 0.15) is 12.1 Å². The second-order valence-electron chi connectivity index (χ2n) is 3.21. The predicted molar refractivity (Wildman–Crippen MR) is 64.0 cm³/mol. The number of hydrogen-bond acceptors (Lipinski definition) is 8. The summed E-state index contributed by atoms with van der Waals surface area (Å²) in [6, 6.07) is 0.875. The number of primary amides is 2. The minimum absolute atomic E-state index is 0.321. The molecule has 0 saturated heterocycles. The Bertz CT molecular complexity index is 599. The first-order valence-corrected chi connectivity index (χ1v) is 4.74. The van der Waals surface area contributed by atoms with Crippen LogP contribution >= 0.6 is 0 Å². The minimum atomic E-state index is -1.13. The van der Waals surface area contributed by atoms with Crippen LogP contribution in [0.2, 0.25) is 0 Å². The van der Waals surface area contributed by atoms with E-state index in [0.29, 0.717) is 10.0 Å². The summed E-state index contributed by atoms with van der Waals surface area (Å²) in [7, 11) is 0. The van der Waals surface area contributed by atoms with Gasteiger partial charge in [-0.2, -0.15) is 10.5 Å². The van der Waals surface area contributed by atoms with Crippen LogP contribution in [0.3, 0.4) is 0 Å². The number of hydrogen-bond donors (Lipinski definition) is 4. The van der Waals surface area contributed by atoms with Crippen molar-refractivity contribution < 1.29 is 9.59 Å². The molecule has 12 heteroatoms. The van der Waals surface area contributed by atoms with Crippen molar-refractivity contribution in [2.45, 2.75) is 0 Å². The number of carbonyl (C=O) groups excluding carboxylic acids is 2. The topological polar surface area (TPSA) is 218 Å². The molecule has 1 rings (SSSR count). The second-order valence-corrected chi connectivity index (χ2v) is 3.21. The molecule has 0 fully saturated rings. The number of carbonyl (C=O) groups is 2. The summed E-state index contributed by atoms with van der Waals surface area (Å²) in [6.07, 6.45) is 0. The molecular weight excluding hydrogens is 268 g/mol. The van der Waals surface area contributed by atoms with E-state index < -0.39 is 35.1 Å². The molecule has 20 heavy (non-hydrogen) atoms. The molecule has 1 aromatic rings. The first-order valence-electron chi connectivity index (χ1n) is 4.74. The zero-order valence-electron chi connectivity index (χ0n) is 9.81. The van der Waals surface area contributed by atoms with Gasteiger partial charge in [-0.3, -0.25) is 0 Å². The molecule has 102 valence electrons. The molecule has 1 heterocycles. The van der Waals surface area contributed by atoms with Gasteiger partial charge in [-0.05, 0) is 0 Å².